The summed E-state index contributed by atoms with van der Waals surface area (Å²) < 4.78 is 30.1. The van der Waals surface area contributed by atoms with E-state index in [1.807, 2.05) is 37.3 Å². The molecule has 0 N–H and O–H groups in total. The van der Waals surface area contributed by atoms with Gasteiger partial charge in [-0.25, -0.2) is 18.4 Å². The van der Waals surface area contributed by atoms with Gasteiger partial charge in [0.25, 0.3) is 0 Å². The molecule has 2 aromatic rings. The van der Waals surface area contributed by atoms with Crippen LogP contribution < -0.4 is 4.90 Å². The van der Waals surface area contributed by atoms with E-state index in [1.54, 1.807) is 12.1 Å². The smallest absolute Gasteiger partial charge is 0.225 e. The van der Waals surface area contributed by atoms with Crippen LogP contribution in [0.1, 0.15) is 23.2 Å². The third-order valence-electron chi connectivity index (χ3n) is 5.59. The molecule has 1 saturated heterocycles. The summed E-state index contributed by atoms with van der Waals surface area (Å²) >= 11 is 0. The van der Waals surface area contributed by atoms with Crippen LogP contribution in [-0.4, -0.2) is 63.3 Å². The molecule has 0 bridgehead atoms. The van der Waals surface area contributed by atoms with Gasteiger partial charge in [-0.3, -0.25) is 4.90 Å². The predicted octanol–water partition coefficient (Wildman–Crippen LogP) is 1.62. The molecular weight excluding hydrogens is 376 g/mol. The Bertz CT molecular complexity index is 993. The third kappa shape index (κ3) is 3.52. The van der Waals surface area contributed by atoms with Crippen molar-refractivity contribution in [3.05, 3.63) is 47.3 Å². The highest BCUT2D eigenvalue weighted by molar-refractivity contribution is 7.90. The molecule has 1 unspecified atom stereocenters. The molecule has 28 heavy (non-hydrogen) atoms. The van der Waals surface area contributed by atoms with Gasteiger partial charge in [0.1, 0.15) is 0 Å². The van der Waals surface area contributed by atoms with Crippen LogP contribution in [0.15, 0.2) is 35.4 Å². The zero-order chi connectivity index (χ0) is 19.9. The molecule has 4 rings (SSSR count). The zero-order valence-corrected chi connectivity index (χ0v) is 17.4. The van der Waals surface area contributed by atoms with Gasteiger partial charge >= 0.3 is 0 Å². The normalized spacial score (nSPS) is 22.4. The van der Waals surface area contributed by atoms with Crippen LogP contribution in [0.5, 0.6) is 0 Å². The van der Waals surface area contributed by atoms with E-state index < -0.39 is 9.84 Å². The molecule has 0 radical (unpaired) electrons. The number of likely N-dealkylation sites (tertiary alicyclic amines) is 1. The summed E-state index contributed by atoms with van der Waals surface area (Å²) in [5.41, 5.74) is 2.81. The molecule has 0 amide bonds. The molecule has 2 aliphatic rings. The molecule has 1 fully saturated rings. The third-order valence-corrected chi connectivity index (χ3v) is 6.79. The Hall–Kier alpha value is -2.03. The first kappa shape index (κ1) is 19.3. The minimum Gasteiger partial charge on any atom is -0.376 e. The van der Waals surface area contributed by atoms with Gasteiger partial charge in [-0.2, -0.15) is 0 Å². The van der Waals surface area contributed by atoms with Crippen LogP contribution in [-0.2, 0) is 33.1 Å². The van der Waals surface area contributed by atoms with Gasteiger partial charge in [0.2, 0.25) is 5.95 Å². The number of anilines is 1. The maximum Gasteiger partial charge on any atom is 0.225 e. The number of rotatable bonds is 4. The summed E-state index contributed by atoms with van der Waals surface area (Å²) in [5.74, 6) is 0.709. The van der Waals surface area contributed by atoms with E-state index in [4.69, 9.17) is 9.72 Å². The monoisotopic (exact) mass is 402 g/mol. The highest BCUT2D eigenvalue weighted by atomic mass is 32.2. The topological polar surface area (TPSA) is 75.6 Å². The van der Waals surface area contributed by atoms with Crippen LogP contribution in [0.3, 0.4) is 0 Å². The Morgan fingerprint density at radius 3 is 2.82 bits per heavy atom. The van der Waals surface area contributed by atoms with E-state index in [2.05, 4.69) is 9.88 Å². The lowest BCUT2D eigenvalue weighted by molar-refractivity contribution is 0.0502. The standard InChI is InChI=1S/C20H26N4O3S/c1-23(2)19-21-10-16-12-27-14-20(18(16)22-19)8-9-24(13-20)11-15-6-4-5-7-17(15)28(3,25)26/h4-7,10H,8-9,11-14H2,1-3H3. The molecule has 1 atom stereocenters. The Morgan fingerprint density at radius 2 is 2.07 bits per heavy atom. The number of ether oxygens (including phenoxy) is 1. The average Bonchev–Trinajstić information content (AvgIpc) is 3.04. The number of benzene rings is 1. The second-order valence-electron chi connectivity index (χ2n) is 8.05. The highest BCUT2D eigenvalue weighted by Gasteiger charge is 2.45. The van der Waals surface area contributed by atoms with Crippen molar-refractivity contribution in [3.63, 3.8) is 0 Å². The number of nitrogens with zero attached hydrogens (tertiary/aromatic N) is 4. The predicted molar refractivity (Wildman–Crippen MR) is 107 cm³/mol. The molecule has 1 aromatic carbocycles. The summed E-state index contributed by atoms with van der Waals surface area (Å²) in [6.45, 7) is 3.45. The maximum absolute atomic E-state index is 12.1. The Morgan fingerprint density at radius 1 is 1.29 bits per heavy atom. The minimum absolute atomic E-state index is 0.165. The summed E-state index contributed by atoms with van der Waals surface area (Å²) in [5, 5.41) is 0. The molecule has 0 aliphatic carbocycles. The van der Waals surface area contributed by atoms with Gasteiger partial charge in [0, 0.05) is 45.2 Å². The molecule has 0 saturated carbocycles. The van der Waals surface area contributed by atoms with E-state index >= 15 is 0 Å². The summed E-state index contributed by atoms with van der Waals surface area (Å²) in [7, 11) is 0.633. The molecule has 8 heteroatoms. The highest BCUT2D eigenvalue weighted by Crippen LogP contribution is 2.40. The van der Waals surface area contributed by atoms with Crippen molar-refractivity contribution in [3.8, 4) is 0 Å². The van der Waals surface area contributed by atoms with E-state index in [9.17, 15) is 8.42 Å². The van der Waals surface area contributed by atoms with E-state index in [0.29, 0.717) is 30.6 Å². The quantitative estimate of drug-likeness (QED) is 0.769. The number of fused-ring (bicyclic) bond motifs is 2. The lowest BCUT2D eigenvalue weighted by Gasteiger charge is -2.35. The van der Waals surface area contributed by atoms with Gasteiger partial charge in [0.05, 0.1) is 29.2 Å². The van der Waals surface area contributed by atoms with Gasteiger partial charge in [-0.15, -0.1) is 0 Å². The van der Waals surface area contributed by atoms with Crippen molar-refractivity contribution in [2.75, 3.05) is 44.9 Å². The fourth-order valence-corrected chi connectivity index (χ4v) is 5.18. The molecular formula is C20H26N4O3S. The van der Waals surface area contributed by atoms with E-state index in [1.165, 1.54) is 6.26 Å². The first-order valence-corrected chi connectivity index (χ1v) is 11.3. The molecule has 7 nitrogen and oxygen atoms in total. The molecule has 3 heterocycles. The van der Waals surface area contributed by atoms with Crippen molar-refractivity contribution in [1.29, 1.82) is 0 Å². The van der Waals surface area contributed by atoms with E-state index in [0.717, 1.165) is 36.3 Å². The van der Waals surface area contributed by atoms with Crippen LogP contribution >= 0.6 is 0 Å². The second-order valence-corrected chi connectivity index (χ2v) is 10.0. The molecule has 150 valence electrons. The van der Waals surface area contributed by atoms with Gasteiger partial charge in [0.15, 0.2) is 9.84 Å². The van der Waals surface area contributed by atoms with Crippen molar-refractivity contribution in [2.45, 2.75) is 29.9 Å². The van der Waals surface area contributed by atoms with Crippen LogP contribution in [0.4, 0.5) is 5.95 Å². The van der Waals surface area contributed by atoms with Gasteiger partial charge < -0.3 is 9.64 Å². The SMILES string of the molecule is CN(C)c1ncc2c(n1)C1(CCN(Cc3ccccc3S(C)(=O)=O)C1)COC2. The average molecular weight is 403 g/mol. The van der Waals surface area contributed by atoms with E-state index in [-0.39, 0.29) is 5.41 Å². The first-order chi connectivity index (χ1) is 13.3. The van der Waals surface area contributed by atoms with Crippen molar-refractivity contribution in [1.82, 2.24) is 14.9 Å². The lowest BCUT2D eigenvalue weighted by atomic mass is 9.80. The van der Waals surface area contributed by atoms with Crippen LogP contribution in [0.2, 0.25) is 0 Å². The van der Waals surface area contributed by atoms with Crippen LogP contribution in [0, 0.1) is 0 Å². The largest absolute Gasteiger partial charge is 0.376 e. The number of aromatic nitrogens is 2. The zero-order valence-electron chi connectivity index (χ0n) is 16.6. The maximum atomic E-state index is 12.1. The summed E-state index contributed by atoms with van der Waals surface area (Å²) in [6.07, 6.45) is 4.08. The van der Waals surface area contributed by atoms with Gasteiger partial charge in [-0.05, 0) is 24.6 Å². The molecule has 2 aliphatic heterocycles. The number of hydrogen-bond acceptors (Lipinski definition) is 7. The Balaban J connectivity index is 1.62. The van der Waals surface area contributed by atoms with Crippen molar-refractivity contribution >= 4 is 15.8 Å². The van der Waals surface area contributed by atoms with Gasteiger partial charge in [-0.1, -0.05) is 18.2 Å². The summed E-state index contributed by atoms with van der Waals surface area (Å²) in [6, 6.07) is 7.26. The van der Waals surface area contributed by atoms with Crippen LogP contribution in [0.25, 0.3) is 0 Å². The summed E-state index contributed by atoms with van der Waals surface area (Å²) in [4.78, 5) is 13.9. The Kier molecular flexibility index (Phi) is 4.89. The fourth-order valence-electron chi connectivity index (χ4n) is 4.24. The lowest BCUT2D eigenvalue weighted by Crippen LogP contribution is -2.40. The minimum atomic E-state index is -3.25. The molecule has 1 spiro atoms. The number of hydrogen-bond donors (Lipinski definition) is 0. The van der Waals surface area contributed by atoms with Crippen molar-refractivity contribution < 1.29 is 13.2 Å². The number of sulfone groups is 1. The first-order valence-electron chi connectivity index (χ1n) is 9.40. The van der Waals surface area contributed by atoms with Crippen molar-refractivity contribution in [2.24, 2.45) is 0 Å². The second kappa shape index (κ2) is 7.09. The fraction of sp³-hybridized carbons (Fsp3) is 0.500. The Labute approximate surface area is 166 Å². The molecule has 1 aromatic heterocycles.